The molecule has 3 nitrogen and oxygen atoms in total. The molecule has 0 radical (unpaired) electrons. The lowest BCUT2D eigenvalue weighted by Gasteiger charge is -2.35. The van der Waals surface area contributed by atoms with Gasteiger partial charge in [-0.25, -0.2) is 0 Å². The quantitative estimate of drug-likeness (QED) is 0.772. The van der Waals surface area contributed by atoms with E-state index in [0.29, 0.717) is 11.3 Å². The fraction of sp³-hybridized carbons (Fsp3) is 0.308. The van der Waals surface area contributed by atoms with Gasteiger partial charge in [-0.3, -0.25) is 0 Å². The van der Waals surface area contributed by atoms with E-state index in [4.69, 9.17) is 11.0 Å². The molecule has 0 aliphatic carbocycles. The minimum Gasteiger partial charge on any atom is -0.397 e. The van der Waals surface area contributed by atoms with E-state index >= 15 is 0 Å². The first-order valence-electron chi connectivity index (χ1n) is 5.11. The van der Waals surface area contributed by atoms with Crippen LogP contribution in [0.2, 0.25) is 0 Å². The number of nitrogens with two attached hydrogens (primary N) is 1. The molecule has 16 heavy (non-hydrogen) atoms. The van der Waals surface area contributed by atoms with Crippen LogP contribution < -0.4 is 10.6 Å². The average molecular weight is 215 g/mol. The van der Waals surface area contributed by atoms with Crippen LogP contribution in [0.1, 0.15) is 26.3 Å². The van der Waals surface area contributed by atoms with E-state index in [2.05, 4.69) is 33.4 Å². The van der Waals surface area contributed by atoms with Crippen molar-refractivity contribution in [3.05, 3.63) is 36.5 Å². The predicted molar refractivity (Wildman–Crippen MR) is 68.0 cm³/mol. The van der Waals surface area contributed by atoms with Crippen molar-refractivity contribution in [1.29, 1.82) is 5.26 Å². The number of rotatable bonds is 2. The van der Waals surface area contributed by atoms with Gasteiger partial charge in [0.25, 0.3) is 0 Å². The van der Waals surface area contributed by atoms with Crippen molar-refractivity contribution < 1.29 is 0 Å². The van der Waals surface area contributed by atoms with Crippen molar-refractivity contribution in [2.45, 2.75) is 26.3 Å². The fourth-order valence-corrected chi connectivity index (χ4v) is 1.58. The molecule has 0 saturated heterocycles. The molecule has 0 heterocycles. The Hall–Kier alpha value is -1.95. The Balaban J connectivity index is 3.23. The summed E-state index contributed by atoms with van der Waals surface area (Å²) in [4.78, 5) is 1.99. The highest BCUT2D eigenvalue weighted by Crippen LogP contribution is 2.30. The summed E-state index contributed by atoms with van der Waals surface area (Å²) in [7, 11) is 0. The zero-order valence-electron chi connectivity index (χ0n) is 9.99. The van der Waals surface area contributed by atoms with Crippen LogP contribution in [0, 0.1) is 11.3 Å². The van der Waals surface area contributed by atoms with Gasteiger partial charge in [0, 0.05) is 5.54 Å². The Kier molecular flexibility index (Phi) is 3.24. The Morgan fingerprint density at radius 3 is 2.44 bits per heavy atom. The molecule has 2 N–H and O–H groups in total. The molecule has 1 aromatic rings. The van der Waals surface area contributed by atoms with E-state index in [9.17, 15) is 0 Å². The number of hydrogen-bond acceptors (Lipinski definition) is 3. The van der Waals surface area contributed by atoms with Gasteiger partial charge in [-0.15, -0.1) is 0 Å². The molecule has 1 rings (SSSR count). The van der Waals surface area contributed by atoms with Crippen molar-refractivity contribution in [1.82, 2.24) is 0 Å². The van der Waals surface area contributed by atoms with Crippen molar-refractivity contribution in [3.63, 3.8) is 0 Å². The minimum absolute atomic E-state index is 0.0932. The van der Waals surface area contributed by atoms with E-state index in [1.54, 1.807) is 18.3 Å². The number of nitrogen functional groups attached to an aromatic ring is 1. The summed E-state index contributed by atoms with van der Waals surface area (Å²) in [5.41, 5.74) is 7.87. The predicted octanol–water partition coefficient (Wildman–Crippen LogP) is 2.89. The number of nitriles is 1. The second-order valence-corrected chi connectivity index (χ2v) is 4.61. The summed E-state index contributed by atoms with van der Waals surface area (Å²) in [6, 6.07) is 7.35. The maximum atomic E-state index is 8.77. The topological polar surface area (TPSA) is 53.0 Å². The molecule has 84 valence electrons. The maximum Gasteiger partial charge on any atom is 0.0992 e. The van der Waals surface area contributed by atoms with Gasteiger partial charge in [0.1, 0.15) is 0 Å². The van der Waals surface area contributed by atoms with Gasteiger partial charge >= 0.3 is 0 Å². The van der Waals surface area contributed by atoms with E-state index in [1.807, 2.05) is 11.0 Å². The third-order valence-electron chi connectivity index (χ3n) is 2.32. The van der Waals surface area contributed by atoms with Gasteiger partial charge in [0.2, 0.25) is 0 Å². The van der Waals surface area contributed by atoms with Crippen molar-refractivity contribution in [3.8, 4) is 6.07 Å². The molecule has 0 aliphatic rings. The SMILES string of the molecule is C=CN(c1ccc(C#N)cc1N)C(C)(C)C. The standard InChI is InChI=1S/C13H17N3/c1-5-16(13(2,3)4)12-7-6-10(9-14)8-11(12)15/h5-8H,1,15H2,2-4H3. The van der Waals surface area contributed by atoms with Crippen molar-refractivity contribution in [2.75, 3.05) is 10.6 Å². The van der Waals surface area contributed by atoms with Crippen LogP contribution in [-0.4, -0.2) is 5.54 Å². The van der Waals surface area contributed by atoms with Gasteiger partial charge < -0.3 is 10.6 Å². The monoisotopic (exact) mass is 215 g/mol. The van der Waals surface area contributed by atoms with Crippen LogP contribution in [0.5, 0.6) is 0 Å². The lowest BCUT2D eigenvalue weighted by molar-refractivity contribution is 0.557. The van der Waals surface area contributed by atoms with Gasteiger partial charge in [-0.05, 0) is 45.2 Å². The van der Waals surface area contributed by atoms with Crippen LogP contribution in [-0.2, 0) is 0 Å². The first kappa shape index (κ1) is 12.1. The summed E-state index contributed by atoms with van der Waals surface area (Å²) in [5, 5.41) is 8.77. The lowest BCUT2D eigenvalue weighted by atomic mass is 10.0. The molecule has 0 unspecified atom stereocenters. The first-order valence-corrected chi connectivity index (χ1v) is 5.11. The highest BCUT2D eigenvalue weighted by molar-refractivity contribution is 5.71. The zero-order valence-corrected chi connectivity index (χ0v) is 9.99. The van der Waals surface area contributed by atoms with E-state index in [1.165, 1.54) is 0 Å². The number of nitrogens with zero attached hydrogens (tertiary/aromatic N) is 2. The Morgan fingerprint density at radius 2 is 2.06 bits per heavy atom. The Morgan fingerprint density at radius 1 is 1.44 bits per heavy atom. The molecule has 0 fully saturated rings. The average Bonchev–Trinajstić information content (AvgIpc) is 2.19. The van der Waals surface area contributed by atoms with Crippen molar-refractivity contribution in [2.24, 2.45) is 0 Å². The third-order valence-corrected chi connectivity index (χ3v) is 2.32. The van der Waals surface area contributed by atoms with Gasteiger partial charge in [0.15, 0.2) is 0 Å². The van der Waals surface area contributed by atoms with Crippen LogP contribution in [0.3, 0.4) is 0 Å². The van der Waals surface area contributed by atoms with Gasteiger partial charge in [0.05, 0.1) is 23.0 Å². The summed E-state index contributed by atoms with van der Waals surface area (Å²) in [6.45, 7) is 10.0. The van der Waals surface area contributed by atoms with Crippen LogP contribution in [0.4, 0.5) is 11.4 Å². The number of benzene rings is 1. The summed E-state index contributed by atoms with van der Waals surface area (Å²) in [5.74, 6) is 0. The first-order chi connectivity index (χ1) is 7.40. The summed E-state index contributed by atoms with van der Waals surface area (Å²) >= 11 is 0. The molecule has 0 spiro atoms. The largest absolute Gasteiger partial charge is 0.397 e. The van der Waals surface area contributed by atoms with Crippen LogP contribution >= 0.6 is 0 Å². The highest BCUT2D eigenvalue weighted by Gasteiger charge is 2.20. The molecule has 1 aromatic carbocycles. The molecule has 0 saturated carbocycles. The van der Waals surface area contributed by atoms with E-state index in [-0.39, 0.29) is 5.54 Å². The smallest absolute Gasteiger partial charge is 0.0992 e. The van der Waals surface area contributed by atoms with Gasteiger partial charge in [-0.2, -0.15) is 5.26 Å². The molecule has 3 heteroatoms. The normalized spacial score (nSPS) is 10.6. The second kappa shape index (κ2) is 4.28. The summed E-state index contributed by atoms with van der Waals surface area (Å²) < 4.78 is 0. The minimum atomic E-state index is -0.0932. The third kappa shape index (κ3) is 2.34. The van der Waals surface area contributed by atoms with Gasteiger partial charge in [-0.1, -0.05) is 6.58 Å². The number of hydrogen-bond donors (Lipinski definition) is 1. The van der Waals surface area contributed by atoms with Crippen LogP contribution in [0.15, 0.2) is 31.0 Å². The Bertz CT molecular complexity index is 435. The van der Waals surface area contributed by atoms with Crippen LogP contribution in [0.25, 0.3) is 0 Å². The molecule has 0 bridgehead atoms. The molecular formula is C13H17N3. The molecular weight excluding hydrogens is 198 g/mol. The molecule has 0 atom stereocenters. The van der Waals surface area contributed by atoms with Crippen molar-refractivity contribution >= 4 is 11.4 Å². The molecule has 0 aromatic heterocycles. The second-order valence-electron chi connectivity index (χ2n) is 4.61. The zero-order chi connectivity index (χ0) is 12.3. The van der Waals surface area contributed by atoms with E-state index in [0.717, 1.165) is 5.69 Å². The Labute approximate surface area is 96.8 Å². The highest BCUT2D eigenvalue weighted by atomic mass is 15.2. The fourth-order valence-electron chi connectivity index (χ4n) is 1.58. The summed E-state index contributed by atoms with van der Waals surface area (Å²) in [6.07, 6.45) is 1.75. The number of anilines is 2. The molecule has 0 aliphatic heterocycles. The van der Waals surface area contributed by atoms with E-state index < -0.39 is 0 Å². The maximum absolute atomic E-state index is 8.77. The molecule has 0 amide bonds. The lowest BCUT2D eigenvalue weighted by Crippen LogP contribution is -2.37.